The summed E-state index contributed by atoms with van der Waals surface area (Å²) in [6, 6.07) is 0. The molecule has 2 nitrogen and oxygen atoms in total. The van der Waals surface area contributed by atoms with Gasteiger partial charge in [0.1, 0.15) is 8.07 Å². The second-order valence-corrected chi connectivity index (χ2v) is 8.36. The van der Waals surface area contributed by atoms with E-state index in [9.17, 15) is 5.11 Å². The van der Waals surface area contributed by atoms with Gasteiger partial charge in [0.05, 0.1) is 0 Å². The Hall–Kier alpha value is 0.137. The van der Waals surface area contributed by atoms with Crippen LogP contribution in [0.1, 0.15) is 6.92 Å². The monoisotopic (exact) mass is 147 g/mol. The third kappa shape index (κ3) is 3.67. The van der Waals surface area contributed by atoms with Gasteiger partial charge in [-0.15, -0.1) is 0 Å². The predicted molar refractivity (Wildman–Crippen MR) is 39.4 cm³/mol. The van der Waals surface area contributed by atoms with Gasteiger partial charge in [-0.3, -0.25) is 0 Å². The highest BCUT2D eigenvalue weighted by atomic mass is 28.3. The van der Waals surface area contributed by atoms with E-state index in [1.165, 1.54) is 0 Å². The highest BCUT2D eigenvalue weighted by Gasteiger charge is 2.26. The molecule has 0 rings (SSSR count). The Labute approximate surface area is 57.9 Å². The topological polar surface area (TPSA) is 29.1 Å². The average molecular weight is 147 g/mol. The molecule has 0 aromatic carbocycles. The highest BCUT2D eigenvalue weighted by Crippen LogP contribution is 2.08. The lowest BCUT2D eigenvalue weighted by atomic mass is 10.9. The minimum absolute atomic E-state index is 0.540. The van der Waals surface area contributed by atoms with Crippen molar-refractivity contribution in [2.45, 2.75) is 32.5 Å². The van der Waals surface area contributed by atoms with Crippen molar-refractivity contribution in [2.75, 3.05) is 6.61 Å². The van der Waals surface area contributed by atoms with Crippen LogP contribution in [0.5, 0.6) is 0 Å². The molecule has 0 saturated heterocycles. The van der Waals surface area contributed by atoms with Gasteiger partial charge in [-0.1, -0.05) is 19.6 Å². The molecule has 0 aromatic heterocycles. The maximum atomic E-state index is 11.0. The summed E-state index contributed by atoms with van der Waals surface area (Å²) < 4.78 is 4.91. The normalized spacial score (nSPS) is 15.7. The lowest BCUT2D eigenvalue weighted by molar-refractivity contribution is -0.0846. The van der Waals surface area contributed by atoms with Gasteiger partial charge in [0, 0.05) is 6.61 Å². The van der Waals surface area contributed by atoms with Crippen LogP contribution >= 0.6 is 0 Å². The number of hydrogen-bond donors (Lipinski definition) is 0. The number of rotatable bonds is 3. The predicted octanol–water partition coefficient (Wildman–Crippen LogP) is 1.66. The molecule has 0 aliphatic rings. The Balaban J connectivity index is 3.59. The summed E-state index contributed by atoms with van der Waals surface area (Å²) in [6.07, 6.45) is 0. The van der Waals surface area contributed by atoms with E-state index >= 15 is 0 Å². The first-order valence-corrected chi connectivity index (χ1v) is 6.83. The lowest BCUT2D eigenvalue weighted by Gasteiger charge is -2.20. The van der Waals surface area contributed by atoms with Crippen LogP contribution in [0.15, 0.2) is 0 Å². The molecular weight excluding hydrogens is 132 g/mol. The highest BCUT2D eigenvalue weighted by molar-refractivity contribution is 6.76. The van der Waals surface area contributed by atoms with Gasteiger partial charge in [0.2, 0.25) is 0 Å². The van der Waals surface area contributed by atoms with Crippen molar-refractivity contribution in [3.63, 3.8) is 0 Å². The summed E-state index contributed by atoms with van der Waals surface area (Å²) in [6.45, 7) is 8.43. The molecule has 0 fully saturated rings. The van der Waals surface area contributed by atoms with Gasteiger partial charge < -0.3 is 4.74 Å². The van der Waals surface area contributed by atoms with Gasteiger partial charge in [0.25, 0.3) is 0 Å². The maximum Gasteiger partial charge on any atom is 0.174 e. The van der Waals surface area contributed by atoms with Crippen molar-refractivity contribution in [2.24, 2.45) is 0 Å². The summed E-state index contributed by atoms with van der Waals surface area (Å²) in [7, 11) is -1.56. The van der Waals surface area contributed by atoms with Crippen LogP contribution < -0.4 is 0 Å². The fourth-order valence-corrected chi connectivity index (χ4v) is 1.07. The van der Waals surface area contributed by atoms with E-state index in [-0.39, 0.29) is 0 Å². The van der Waals surface area contributed by atoms with E-state index < -0.39 is 14.0 Å². The Kier molecular flexibility index (Phi) is 3.39. The molecule has 0 heterocycles. The van der Waals surface area contributed by atoms with E-state index in [4.69, 9.17) is 4.74 Å². The quantitative estimate of drug-likeness (QED) is 0.441. The van der Waals surface area contributed by atoms with Crippen LogP contribution in [0.2, 0.25) is 19.6 Å². The Morgan fingerprint density at radius 3 is 2.00 bits per heavy atom. The van der Waals surface area contributed by atoms with Gasteiger partial charge in [-0.05, 0) is 6.92 Å². The summed E-state index contributed by atoms with van der Waals surface area (Å²) >= 11 is 0. The van der Waals surface area contributed by atoms with E-state index in [0.29, 0.717) is 6.61 Å². The first-order chi connectivity index (χ1) is 3.98. The molecule has 1 unspecified atom stereocenters. The van der Waals surface area contributed by atoms with Crippen molar-refractivity contribution in [3.05, 3.63) is 0 Å². The van der Waals surface area contributed by atoms with E-state index in [1.54, 1.807) is 0 Å². The smallest absolute Gasteiger partial charge is 0.174 e. The molecule has 55 valence electrons. The van der Waals surface area contributed by atoms with Crippen molar-refractivity contribution in [3.8, 4) is 0 Å². The van der Waals surface area contributed by atoms with Gasteiger partial charge >= 0.3 is 0 Å². The maximum absolute atomic E-state index is 11.0. The van der Waals surface area contributed by atoms with E-state index in [2.05, 4.69) is 0 Å². The summed E-state index contributed by atoms with van der Waals surface area (Å²) in [5.41, 5.74) is 0. The Bertz CT molecular complexity index is 77.6. The summed E-state index contributed by atoms with van der Waals surface area (Å²) in [4.78, 5) is 0. The second-order valence-electron chi connectivity index (χ2n) is 3.15. The van der Waals surface area contributed by atoms with Crippen molar-refractivity contribution in [1.29, 1.82) is 0 Å². The SMILES string of the molecule is CCOC([O])[Si](C)(C)C. The van der Waals surface area contributed by atoms with E-state index in [0.717, 1.165) is 0 Å². The van der Waals surface area contributed by atoms with Gasteiger partial charge in [0.15, 0.2) is 5.91 Å². The van der Waals surface area contributed by atoms with Crippen molar-refractivity contribution < 1.29 is 9.84 Å². The minimum atomic E-state index is -1.56. The zero-order valence-corrected chi connectivity index (χ0v) is 7.60. The zero-order valence-electron chi connectivity index (χ0n) is 6.60. The fraction of sp³-hybridized carbons (Fsp3) is 1.00. The molecule has 1 atom stereocenters. The number of ether oxygens (including phenoxy) is 1. The standard InChI is InChI=1S/C6H15O2Si/c1-5-8-6(7)9(2,3)4/h6H,5H2,1-4H3. The first-order valence-electron chi connectivity index (χ1n) is 3.26. The molecule has 0 saturated carbocycles. The Morgan fingerprint density at radius 1 is 1.44 bits per heavy atom. The average Bonchev–Trinajstić information content (AvgIpc) is 1.64. The molecule has 0 bridgehead atoms. The van der Waals surface area contributed by atoms with Crippen LogP contribution in [0, 0.1) is 0 Å². The third-order valence-electron chi connectivity index (χ3n) is 1.03. The number of hydrogen-bond acceptors (Lipinski definition) is 1. The molecule has 3 heteroatoms. The molecule has 9 heavy (non-hydrogen) atoms. The van der Waals surface area contributed by atoms with E-state index in [1.807, 2.05) is 26.6 Å². The summed E-state index contributed by atoms with van der Waals surface area (Å²) in [5, 5.41) is 11.0. The fourth-order valence-electron chi connectivity index (χ4n) is 0.401. The minimum Gasteiger partial charge on any atom is -0.354 e. The first kappa shape index (κ1) is 9.14. The summed E-state index contributed by atoms with van der Waals surface area (Å²) in [5.74, 6) is -0.748. The van der Waals surface area contributed by atoms with Crippen LogP contribution in [0.3, 0.4) is 0 Å². The van der Waals surface area contributed by atoms with Crippen LogP contribution in [-0.4, -0.2) is 20.6 Å². The molecule has 0 aromatic rings. The molecular formula is C6H15O2Si. The van der Waals surface area contributed by atoms with Crippen LogP contribution in [0.25, 0.3) is 0 Å². The van der Waals surface area contributed by atoms with Gasteiger partial charge in [-0.2, -0.15) is 0 Å². The molecule has 0 aliphatic heterocycles. The third-order valence-corrected chi connectivity index (χ3v) is 2.61. The van der Waals surface area contributed by atoms with Gasteiger partial charge in [-0.25, -0.2) is 5.11 Å². The molecule has 0 aliphatic carbocycles. The zero-order chi connectivity index (χ0) is 7.49. The van der Waals surface area contributed by atoms with Crippen molar-refractivity contribution >= 4 is 8.07 Å². The lowest BCUT2D eigenvalue weighted by Crippen LogP contribution is -2.39. The second kappa shape index (κ2) is 3.34. The molecule has 0 N–H and O–H groups in total. The van der Waals surface area contributed by atoms with Crippen molar-refractivity contribution in [1.82, 2.24) is 0 Å². The van der Waals surface area contributed by atoms with Crippen LogP contribution in [-0.2, 0) is 9.84 Å². The van der Waals surface area contributed by atoms with Crippen LogP contribution in [0.4, 0.5) is 0 Å². The Morgan fingerprint density at radius 2 is 1.89 bits per heavy atom. The molecule has 0 amide bonds. The molecule has 1 radical (unpaired) electrons. The largest absolute Gasteiger partial charge is 0.354 e. The molecule has 0 spiro atoms.